The van der Waals surface area contributed by atoms with E-state index in [1.807, 2.05) is 13.8 Å². The normalized spacial score (nSPS) is 41.5. The lowest BCUT2D eigenvalue weighted by Crippen LogP contribution is -2.61. The van der Waals surface area contributed by atoms with Gasteiger partial charge < -0.3 is 15.8 Å². The maximum absolute atomic E-state index is 11.6. The van der Waals surface area contributed by atoms with Crippen LogP contribution in [0.3, 0.4) is 0 Å². The van der Waals surface area contributed by atoms with Crippen LogP contribution in [0.2, 0.25) is 0 Å². The summed E-state index contributed by atoms with van der Waals surface area (Å²) in [5.74, 6) is -0.226. The summed E-state index contributed by atoms with van der Waals surface area (Å²) in [4.78, 5) is 11.6. The number of amides is 1. The van der Waals surface area contributed by atoms with Crippen LogP contribution in [0.5, 0.6) is 0 Å². The van der Waals surface area contributed by atoms with Gasteiger partial charge in [0.15, 0.2) is 0 Å². The highest BCUT2D eigenvalue weighted by atomic mass is 16.5. The predicted octanol–water partition coefficient (Wildman–Crippen LogP) is 0.550. The number of carbonyl (C=O) groups excluding carboxylic acids is 1. The molecule has 4 heteroatoms. The average Bonchev–Trinajstić information content (AvgIpc) is 2.85. The summed E-state index contributed by atoms with van der Waals surface area (Å²) in [5, 5.41) is 3.41. The van der Waals surface area contributed by atoms with Gasteiger partial charge in [-0.2, -0.15) is 0 Å². The van der Waals surface area contributed by atoms with Crippen LogP contribution in [0.25, 0.3) is 0 Å². The number of hydrogen-bond donors (Lipinski definition) is 2. The quantitative estimate of drug-likeness (QED) is 0.718. The second-order valence-corrected chi connectivity index (χ2v) is 5.03. The molecule has 4 nitrogen and oxygen atoms in total. The highest BCUT2D eigenvalue weighted by Gasteiger charge is 2.46. The van der Waals surface area contributed by atoms with E-state index < -0.39 is 5.54 Å². The third-order valence-corrected chi connectivity index (χ3v) is 3.27. The van der Waals surface area contributed by atoms with Crippen LogP contribution in [-0.2, 0) is 9.53 Å². The van der Waals surface area contributed by atoms with Crippen molar-refractivity contribution in [2.75, 3.05) is 0 Å². The Morgan fingerprint density at radius 1 is 1.33 bits per heavy atom. The molecule has 2 atom stereocenters. The zero-order valence-corrected chi connectivity index (χ0v) is 9.45. The molecule has 0 aromatic rings. The molecule has 2 rings (SSSR count). The Morgan fingerprint density at radius 2 is 1.87 bits per heavy atom. The second kappa shape index (κ2) is 3.76. The number of nitrogens with two attached hydrogens (primary N) is 1. The van der Waals surface area contributed by atoms with Crippen molar-refractivity contribution in [1.29, 1.82) is 0 Å². The first kappa shape index (κ1) is 10.9. The number of hydrogen-bond acceptors (Lipinski definition) is 3. The zero-order chi connectivity index (χ0) is 11.1. The molecular weight excluding hydrogens is 192 g/mol. The van der Waals surface area contributed by atoms with Crippen LogP contribution in [-0.4, -0.2) is 29.7 Å². The van der Waals surface area contributed by atoms with E-state index >= 15 is 0 Å². The molecule has 2 fully saturated rings. The molecule has 0 aromatic carbocycles. The van der Waals surface area contributed by atoms with Crippen molar-refractivity contribution in [2.24, 2.45) is 5.73 Å². The Balaban J connectivity index is 2.11. The van der Waals surface area contributed by atoms with Gasteiger partial charge in [0.2, 0.25) is 5.91 Å². The minimum atomic E-state index is -0.530. The molecule has 1 saturated heterocycles. The van der Waals surface area contributed by atoms with Crippen molar-refractivity contribution in [3.63, 3.8) is 0 Å². The number of nitrogens with one attached hydrogen (secondary N) is 1. The van der Waals surface area contributed by atoms with Gasteiger partial charge in [-0.05, 0) is 26.7 Å². The van der Waals surface area contributed by atoms with Crippen molar-refractivity contribution in [3.05, 3.63) is 0 Å². The van der Waals surface area contributed by atoms with Crippen molar-refractivity contribution in [1.82, 2.24) is 5.32 Å². The Labute approximate surface area is 90.5 Å². The van der Waals surface area contributed by atoms with Gasteiger partial charge >= 0.3 is 0 Å². The number of ether oxygens (including phenoxy) is 1. The van der Waals surface area contributed by atoms with Crippen LogP contribution in [0.1, 0.15) is 39.5 Å². The van der Waals surface area contributed by atoms with Crippen molar-refractivity contribution in [2.45, 2.75) is 63.3 Å². The first-order valence-electron chi connectivity index (χ1n) is 5.75. The molecule has 0 spiro atoms. The SMILES string of the molecule is CC1CC(NC2CC2)(C(N)=O)CC(C)O1. The van der Waals surface area contributed by atoms with E-state index in [2.05, 4.69) is 5.32 Å². The molecule has 1 heterocycles. The fourth-order valence-electron chi connectivity index (χ4n) is 2.57. The molecule has 1 amide bonds. The third-order valence-electron chi connectivity index (χ3n) is 3.27. The van der Waals surface area contributed by atoms with Crippen LogP contribution >= 0.6 is 0 Å². The van der Waals surface area contributed by atoms with Crippen molar-refractivity contribution in [3.8, 4) is 0 Å². The van der Waals surface area contributed by atoms with Gasteiger partial charge in [0.25, 0.3) is 0 Å². The Hall–Kier alpha value is -0.610. The monoisotopic (exact) mass is 212 g/mol. The predicted molar refractivity (Wildman–Crippen MR) is 57.3 cm³/mol. The molecule has 0 aromatic heterocycles. The van der Waals surface area contributed by atoms with E-state index in [0.29, 0.717) is 18.9 Å². The van der Waals surface area contributed by atoms with Gasteiger partial charge in [-0.15, -0.1) is 0 Å². The van der Waals surface area contributed by atoms with Crippen molar-refractivity contribution < 1.29 is 9.53 Å². The van der Waals surface area contributed by atoms with Crippen molar-refractivity contribution >= 4 is 5.91 Å². The molecule has 1 aliphatic heterocycles. The molecule has 86 valence electrons. The van der Waals surface area contributed by atoms with E-state index in [-0.39, 0.29) is 18.1 Å². The Morgan fingerprint density at radius 3 is 2.27 bits per heavy atom. The lowest BCUT2D eigenvalue weighted by molar-refractivity contribution is -0.135. The van der Waals surface area contributed by atoms with Gasteiger partial charge in [0.1, 0.15) is 5.54 Å². The summed E-state index contributed by atoms with van der Waals surface area (Å²) < 4.78 is 5.65. The molecule has 1 aliphatic carbocycles. The molecular formula is C11H20N2O2. The van der Waals surface area contributed by atoms with E-state index in [1.165, 1.54) is 12.8 Å². The first-order chi connectivity index (χ1) is 7.02. The average molecular weight is 212 g/mol. The number of primary amides is 1. The standard InChI is InChI=1S/C11H20N2O2/c1-7-5-11(10(12)14,6-8(2)15-7)13-9-3-4-9/h7-9,13H,3-6H2,1-2H3,(H2,12,14). The molecule has 0 radical (unpaired) electrons. The smallest absolute Gasteiger partial charge is 0.237 e. The molecule has 2 aliphatic rings. The van der Waals surface area contributed by atoms with Gasteiger partial charge in [-0.25, -0.2) is 0 Å². The number of carbonyl (C=O) groups is 1. The fraction of sp³-hybridized carbons (Fsp3) is 0.909. The zero-order valence-electron chi connectivity index (χ0n) is 9.45. The van der Waals surface area contributed by atoms with Gasteiger partial charge in [0.05, 0.1) is 12.2 Å². The highest BCUT2D eigenvalue weighted by molar-refractivity contribution is 5.85. The maximum atomic E-state index is 11.6. The van der Waals surface area contributed by atoms with Gasteiger partial charge in [-0.1, -0.05) is 0 Å². The summed E-state index contributed by atoms with van der Waals surface area (Å²) in [6.45, 7) is 4.00. The molecule has 2 unspecified atom stereocenters. The maximum Gasteiger partial charge on any atom is 0.237 e. The Kier molecular flexibility index (Phi) is 2.73. The third kappa shape index (κ3) is 2.32. The summed E-state index contributed by atoms with van der Waals surface area (Å²) in [7, 11) is 0. The van der Waals surface area contributed by atoms with Crippen LogP contribution in [0, 0.1) is 0 Å². The largest absolute Gasteiger partial charge is 0.375 e. The summed E-state index contributed by atoms with van der Waals surface area (Å²) in [6, 6.07) is 0.495. The topological polar surface area (TPSA) is 64.3 Å². The molecule has 15 heavy (non-hydrogen) atoms. The van der Waals surface area contributed by atoms with Crippen LogP contribution < -0.4 is 11.1 Å². The van der Waals surface area contributed by atoms with Gasteiger partial charge in [0, 0.05) is 18.9 Å². The van der Waals surface area contributed by atoms with Gasteiger partial charge in [-0.3, -0.25) is 4.79 Å². The lowest BCUT2D eigenvalue weighted by atomic mass is 9.83. The highest BCUT2D eigenvalue weighted by Crippen LogP contribution is 2.32. The summed E-state index contributed by atoms with van der Waals surface area (Å²) >= 11 is 0. The second-order valence-electron chi connectivity index (χ2n) is 5.03. The van der Waals surface area contributed by atoms with Crippen LogP contribution in [0.4, 0.5) is 0 Å². The lowest BCUT2D eigenvalue weighted by Gasteiger charge is -2.41. The molecule has 1 saturated carbocycles. The fourth-order valence-corrected chi connectivity index (χ4v) is 2.57. The molecule has 0 bridgehead atoms. The summed E-state index contributed by atoms with van der Waals surface area (Å²) in [6.07, 6.45) is 3.93. The Bertz CT molecular complexity index is 248. The molecule has 3 N–H and O–H groups in total. The minimum absolute atomic E-state index is 0.104. The van der Waals surface area contributed by atoms with E-state index in [4.69, 9.17) is 10.5 Å². The van der Waals surface area contributed by atoms with E-state index in [0.717, 1.165) is 0 Å². The van der Waals surface area contributed by atoms with E-state index in [1.54, 1.807) is 0 Å². The first-order valence-corrected chi connectivity index (χ1v) is 5.75. The minimum Gasteiger partial charge on any atom is -0.375 e. The van der Waals surface area contributed by atoms with E-state index in [9.17, 15) is 4.79 Å². The summed E-state index contributed by atoms with van der Waals surface area (Å²) in [5.41, 5.74) is 5.02. The number of rotatable bonds is 3. The van der Waals surface area contributed by atoms with Crippen LogP contribution in [0.15, 0.2) is 0 Å².